The molecule has 0 aromatic carbocycles. The Bertz CT molecular complexity index is 341. The number of aromatic nitrogens is 1. The zero-order valence-corrected chi connectivity index (χ0v) is 9.47. The molecule has 0 bridgehead atoms. The molecule has 0 spiro atoms. The summed E-state index contributed by atoms with van der Waals surface area (Å²) in [5.74, 6) is -0.0870. The summed E-state index contributed by atoms with van der Waals surface area (Å²) >= 11 is 3.28. The van der Waals surface area contributed by atoms with Crippen molar-refractivity contribution in [1.29, 1.82) is 0 Å². The van der Waals surface area contributed by atoms with Gasteiger partial charge in [-0.05, 0) is 34.5 Å². The van der Waals surface area contributed by atoms with Gasteiger partial charge in [-0.3, -0.25) is 4.79 Å². The van der Waals surface area contributed by atoms with Crippen LogP contribution in [0.5, 0.6) is 0 Å². The van der Waals surface area contributed by atoms with E-state index in [4.69, 9.17) is 5.73 Å². The summed E-state index contributed by atoms with van der Waals surface area (Å²) < 4.78 is 0.786. The lowest BCUT2D eigenvalue weighted by Crippen LogP contribution is -2.16. The number of amides is 1. The Balaban J connectivity index is 2.68. The summed E-state index contributed by atoms with van der Waals surface area (Å²) in [6.07, 6.45) is 1.93. The number of aryl methyl sites for hydroxylation is 1. The molecule has 3 N–H and O–H groups in total. The smallest absolute Gasteiger partial charge is 0.225 e. The van der Waals surface area contributed by atoms with Crippen LogP contribution in [0.4, 0.5) is 5.69 Å². The second kappa shape index (κ2) is 5.07. The van der Waals surface area contributed by atoms with Gasteiger partial charge in [0.2, 0.25) is 5.91 Å². The average Bonchev–Trinajstić information content (AvgIpc) is 2.12. The Morgan fingerprint density at radius 2 is 2.43 bits per heavy atom. The van der Waals surface area contributed by atoms with Crippen LogP contribution < -0.4 is 11.1 Å². The molecule has 4 nitrogen and oxygen atoms in total. The van der Waals surface area contributed by atoms with Crippen molar-refractivity contribution in [2.45, 2.75) is 13.3 Å². The highest BCUT2D eigenvalue weighted by atomic mass is 79.9. The zero-order chi connectivity index (χ0) is 10.6. The Labute approximate surface area is 91.0 Å². The van der Waals surface area contributed by atoms with E-state index in [2.05, 4.69) is 26.2 Å². The van der Waals surface area contributed by atoms with E-state index in [9.17, 15) is 4.79 Å². The van der Waals surface area contributed by atoms with Crippen molar-refractivity contribution in [2.24, 2.45) is 5.73 Å². The van der Waals surface area contributed by atoms with Crippen molar-refractivity contribution in [2.75, 3.05) is 11.9 Å². The SMILES string of the molecule is Cc1cc(NC(=O)CCN)cnc1Br. The molecule has 0 saturated carbocycles. The Morgan fingerprint density at radius 1 is 1.71 bits per heavy atom. The first-order chi connectivity index (χ1) is 6.63. The second-order valence-corrected chi connectivity index (χ2v) is 3.67. The zero-order valence-electron chi connectivity index (χ0n) is 7.88. The van der Waals surface area contributed by atoms with Crippen LogP contribution in [0.2, 0.25) is 0 Å². The maximum absolute atomic E-state index is 11.2. The fourth-order valence-electron chi connectivity index (χ4n) is 0.981. The molecule has 1 rings (SSSR count). The van der Waals surface area contributed by atoms with E-state index in [1.54, 1.807) is 6.20 Å². The van der Waals surface area contributed by atoms with Crippen molar-refractivity contribution >= 4 is 27.5 Å². The standard InChI is InChI=1S/C9H12BrN3O/c1-6-4-7(5-12-9(6)10)13-8(14)2-3-11/h4-5H,2-3,11H2,1H3,(H,13,14). The van der Waals surface area contributed by atoms with Gasteiger partial charge in [-0.1, -0.05) is 0 Å². The van der Waals surface area contributed by atoms with Gasteiger partial charge in [-0.15, -0.1) is 0 Å². The lowest BCUT2D eigenvalue weighted by molar-refractivity contribution is -0.116. The van der Waals surface area contributed by atoms with Gasteiger partial charge in [0, 0.05) is 13.0 Å². The summed E-state index contributed by atoms with van der Waals surface area (Å²) in [5.41, 5.74) is 6.93. The number of carbonyl (C=O) groups excluding carboxylic acids is 1. The molecule has 76 valence electrons. The van der Waals surface area contributed by atoms with Gasteiger partial charge in [0.05, 0.1) is 11.9 Å². The highest BCUT2D eigenvalue weighted by Crippen LogP contribution is 2.16. The number of pyridine rings is 1. The van der Waals surface area contributed by atoms with Gasteiger partial charge < -0.3 is 11.1 Å². The molecule has 1 aromatic heterocycles. The lowest BCUT2D eigenvalue weighted by Gasteiger charge is -2.05. The number of hydrogen-bond donors (Lipinski definition) is 2. The first-order valence-electron chi connectivity index (χ1n) is 4.25. The van der Waals surface area contributed by atoms with Crippen LogP contribution in [0.1, 0.15) is 12.0 Å². The van der Waals surface area contributed by atoms with E-state index in [0.717, 1.165) is 10.2 Å². The Morgan fingerprint density at radius 3 is 3.00 bits per heavy atom. The highest BCUT2D eigenvalue weighted by molar-refractivity contribution is 9.10. The number of rotatable bonds is 3. The fraction of sp³-hybridized carbons (Fsp3) is 0.333. The molecular formula is C9H12BrN3O. The third-order valence-corrected chi connectivity index (χ3v) is 2.50. The topological polar surface area (TPSA) is 68.0 Å². The largest absolute Gasteiger partial charge is 0.330 e. The minimum Gasteiger partial charge on any atom is -0.330 e. The second-order valence-electron chi connectivity index (χ2n) is 2.92. The van der Waals surface area contributed by atoms with Gasteiger partial charge in [0.25, 0.3) is 0 Å². The Kier molecular flexibility index (Phi) is 4.03. The lowest BCUT2D eigenvalue weighted by atomic mass is 10.3. The van der Waals surface area contributed by atoms with E-state index >= 15 is 0 Å². The Hall–Kier alpha value is -0.940. The van der Waals surface area contributed by atoms with Crippen LogP contribution in [0.3, 0.4) is 0 Å². The number of hydrogen-bond acceptors (Lipinski definition) is 3. The van der Waals surface area contributed by atoms with Crippen molar-refractivity contribution in [1.82, 2.24) is 4.98 Å². The maximum Gasteiger partial charge on any atom is 0.225 e. The highest BCUT2D eigenvalue weighted by Gasteiger charge is 2.02. The number of nitrogens with two attached hydrogens (primary N) is 1. The third kappa shape index (κ3) is 3.08. The normalized spacial score (nSPS) is 9.93. The van der Waals surface area contributed by atoms with E-state index in [0.29, 0.717) is 18.7 Å². The minimum absolute atomic E-state index is 0.0870. The molecule has 14 heavy (non-hydrogen) atoms. The predicted molar refractivity (Wildman–Crippen MR) is 59.0 cm³/mol. The number of carbonyl (C=O) groups is 1. The molecule has 5 heteroatoms. The molecule has 1 heterocycles. The predicted octanol–water partition coefficient (Wildman–Crippen LogP) is 1.44. The van der Waals surface area contributed by atoms with Crippen LogP contribution in [-0.2, 0) is 4.79 Å². The van der Waals surface area contributed by atoms with E-state index < -0.39 is 0 Å². The fourth-order valence-corrected chi connectivity index (χ4v) is 1.20. The number of nitrogens with zero attached hydrogens (tertiary/aromatic N) is 1. The molecular weight excluding hydrogens is 246 g/mol. The molecule has 1 amide bonds. The van der Waals surface area contributed by atoms with Crippen molar-refractivity contribution in [3.63, 3.8) is 0 Å². The molecule has 0 atom stereocenters. The van der Waals surface area contributed by atoms with Crippen LogP contribution in [0.25, 0.3) is 0 Å². The van der Waals surface area contributed by atoms with Crippen LogP contribution >= 0.6 is 15.9 Å². The minimum atomic E-state index is -0.0870. The quantitative estimate of drug-likeness (QED) is 0.806. The van der Waals surface area contributed by atoms with E-state index in [-0.39, 0.29) is 5.91 Å². The first kappa shape index (κ1) is 11.1. The summed E-state index contributed by atoms with van der Waals surface area (Å²) in [5, 5.41) is 2.71. The van der Waals surface area contributed by atoms with E-state index in [1.807, 2.05) is 13.0 Å². The van der Waals surface area contributed by atoms with Crippen LogP contribution in [0, 0.1) is 6.92 Å². The van der Waals surface area contributed by atoms with Gasteiger partial charge in [0.1, 0.15) is 4.60 Å². The van der Waals surface area contributed by atoms with Gasteiger partial charge in [-0.25, -0.2) is 4.98 Å². The molecule has 0 saturated heterocycles. The molecule has 1 aromatic rings. The van der Waals surface area contributed by atoms with E-state index in [1.165, 1.54) is 0 Å². The van der Waals surface area contributed by atoms with Crippen LogP contribution in [0.15, 0.2) is 16.9 Å². The molecule has 0 aliphatic heterocycles. The molecule has 0 aliphatic carbocycles. The molecule has 0 unspecified atom stereocenters. The number of anilines is 1. The maximum atomic E-state index is 11.2. The van der Waals surface area contributed by atoms with Gasteiger partial charge >= 0.3 is 0 Å². The van der Waals surface area contributed by atoms with Crippen LogP contribution in [-0.4, -0.2) is 17.4 Å². The molecule has 0 radical (unpaired) electrons. The van der Waals surface area contributed by atoms with Crippen molar-refractivity contribution in [3.05, 3.63) is 22.4 Å². The molecule has 0 fully saturated rings. The monoisotopic (exact) mass is 257 g/mol. The summed E-state index contributed by atoms with van der Waals surface area (Å²) in [6, 6.07) is 1.85. The summed E-state index contributed by atoms with van der Waals surface area (Å²) in [6.45, 7) is 2.27. The van der Waals surface area contributed by atoms with Gasteiger partial charge in [0.15, 0.2) is 0 Å². The van der Waals surface area contributed by atoms with Crippen molar-refractivity contribution < 1.29 is 4.79 Å². The third-order valence-electron chi connectivity index (χ3n) is 1.67. The van der Waals surface area contributed by atoms with Gasteiger partial charge in [-0.2, -0.15) is 0 Å². The average molecular weight is 258 g/mol. The number of halogens is 1. The first-order valence-corrected chi connectivity index (χ1v) is 5.05. The summed E-state index contributed by atoms with van der Waals surface area (Å²) in [4.78, 5) is 15.2. The van der Waals surface area contributed by atoms with Crippen molar-refractivity contribution in [3.8, 4) is 0 Å². The summed E-state index contributed by atoms with van der Waals surface area (Å²) in [7, 11) is 0. The number of nitrogens with one attached hydrogen (secondary N) is 1. The molecule has 0 aliphatic rings.